The lowest BCUT2D eigenvalue weighted by molar-refractivity contribution is -0.220. The zero-order chi connectivity index (χ0) is 21.3. The Kier molecular flexibility index (Phi) is 4.15. The van der Waals surface area contributed by atoms with Gasteiger partial charge in [0.25, 0.3) is 0 Å². The van der Waals surface area contributed by atoms with Crippen molar-refractivity contribution in [3.05, 3.63) is 77.6 Å². The van der Waals surface area contributed by atoms with Crippen LogP contribution in [0.2, 0.25) is 5.02 Å². The van der Waals surface area contributed by atoms with E-state index in [9.17, 15) is 4.79 Å². The predicted molar refractivity (Wildman–Crippen MR) is 124 cm³/mol. The number of fused-ring (bicyclic) bond motifs is 1. The van der Waals surface area contributed by atoms with Crippen LogP contribution in [-0.4, -0.2) is 10.5 Å². The van der Waals surface area contributed by atoms with Gasteiger partial charge in [0.15, 0.2) is 0 Å². The van der Waals surface area contributed by atoms with Gasteiger partial charge in [-0.2, -0.15) is 0 Å². The Hall–Kier alpha value is -2.26. The minimum Gasteiger partial charge on any atom is -0.347 e. The second-order valence-electron chi connectivity index (χ2n) is 10.7. The summed E-state index contributed by atoms with van der Waals surface area (Å²) < 4.78 is 2.07. The van der Waals surface area contributed by atoms with E-state index >= 15 is 0 Å². The van der Waals surface area contributed by atoms with Crippen LogP contribution in [0.25, 0.3) is 5.69 Å². The van der Waals surface area contributed by atoms with Gasteiger partial charge in [0.05, 0.1) is 6.54 Å². The third-order valence-electron chi connectivity index (χ3n) is 8.92. The number of carbonyl (C=O) groups is 1. The number of carbonyl (C=O) groups excluding carboxylic acids is 1. The third-order valence-corrected chi connectivity index (χ3v) is 9.17. The minimum absolute atomic E-state index is 0.0583. The number of rotatable bonds is 6. The Bertz CT molecular complexity index is 1100. The van der Waals surface area contributed by atoms with Gasteiger partial charge in [-0.15, -0.1) is 0 Å². The molecule has 6 rings (SSSR count). The highest BCUT2D eigenvalue weighted by Gasteiger charge is 2.81. The van der Waals surface area contributed by atoms with Gasteiger partial charge in [-0.05, 0) is 96.6 Å². The van der Waals surface area contributed by atoms with Crippen molar-refractivity contribution in [3.8, 4) is 5.69 Å². The summed E-state index contributed by atoms with van der Waals surface area (Å²) in [6.07, 6.45) is 17.3. The summed E-state index contributed by atoms with van der Waals surface area (Å²) in [5.41, 5.74) is 3.68. The van der Waals surface area contributed by atoms with Gasteiger partial charge in [-0.25, -0.2) is 0 Å². The molecular formula is C27H29ClN2O. The molecule has 1 aromatic heterocycles. The van der Waals surface area contributed by atoms with Crippen molar-refractivity contribution in [2.45, 2.75) is 45.6 Å². The first-order chi connectivity index (χ1) is 14.9. The molecule has 1 spiro atoms. The maximum Gasteiger partial charge on any atom is 0.244 e. The number of benzene rings is 1. The molecule has 1 heterocycles. The van der Waals surface area contributed by atoms with Crippen LogP contribution in [0.3, 0.4) is 0 Å². The van der Waals surface area contributed by atoms with Crippen molar-refractivity contribution < 1.29 is 4.79 Å². The Morgan fingerprint density at radius 2 is 1.97 bits per heavy atom. The number of aromatic nitrogens is 1. The van der Waals surface area contributed by atoms with Gasteiger partial charge in [0, 0.05) is 28.7 Å². The highest BCUT2D eigenvalue weighted by atomic mass is 35.5. The van der Waals surface area contributed by atoms with E-state index < -0.39 is 0 Å². The number of hydrogen-bond acceptors (Lipinski definition) is 1. The number of nitrogens with zero attached hydrogens (tertiary/aromatic N) is 1. The first kappa shape index (κ1) is 19.4. The highest BCUT2D eigenvalue weighted by molar-refractivity contribution is 6.30. The molecule has 5 atom stereocenters. The van der Waals surface area contributed by atoms with Crippen LogP contribution in [0.4, 0.5) is 0 Å². The molecule has 0 radical (unpaired) electrons. The van der Waals surface area contributed by atoms with Crippen LogP contribution in [0.5, 0.6) is 0 Å². The summed E-state index contributed by atoms with van der Waals surface area (Å²) in [5, 5.41) is 3.72. The smallest absolute Gasteiger partial charge is 0.244 e. The fraction of sp³-hybridized carbons (Fsp3) is 0.444. The molecule has 4 aliphatic carbocycles. The van der Waals surface area contributed by atoms with Gasteiger partial charge in [-0.3, -0.25) is 4.79 Å². The Morgan fingerprint density at radius 3 is 2.74 bits per heavy atom. The van der Waals surface area contributed by atoms with E-state index in [2.05, 4.69) is 29.0 Å². The van der Waals surface area contributed by atoms with E-state index in [1.165, 1.54) is 32.1 Å². The number of halogens is 1. The third kappa shape index (κ3) is 2.75. The van der Waals surface area contributed by atoms with Gasteiger partial charge in [0.1, 0.15) is 0 Å². The molecule has 1 amide bonds. The monoisotopic (exact) mass is 432 g/mol. The van der Waals surface area contributed by atoms with Crippen LogP contribution in [0.1, 0.15) is 44.7 Å². The molecule has 4 fully saturated rings. The van der Waals surface area contributed by atoms with Gasteiger partial charge >= 0.3 is 0 Å². The van der Waals surface area contributed by atoms with Crippen molar-refractivity contribution >= 4 is 17.5 Å². The maximum atomic E-state index is 12.4. The zero-order valence-corrected chi connectivity index (χ0v) is 18.7. The minimum atomic E-state index is -0.0583. The van der Waals surface area contributed by atoms with E-state index in [4.69, 9.17) is 11.6 Å². The average Bonchev–Trinajstić information content (AvgIpc) is 3.37. The standard InChI is InChI=1S/C27H29ClN2O/c1-25-14-19-13-20-15-26(17-25,27(19,20)18-25)11-3-2-6-24(31)29-16-23-5-4-12-30(23)22-9-7-21(28)8-10-22/h2-12,19-20H,13-18H2,1H3,(H,29,31)/b6-2+,11-3+. The molecule has 0 aliphatic heterocycles. The number of amides is 1. The van der Waals surface area contributed by atoms with E-state index in [-0.39, 0.29) is 5.91 Å². The molecule has 1 N–H and O–H groups in total. The summed E-state index contributed by atoms with van der Waals surface area (Å²) in [5.74, 6) is 1.89. The Morgan fingerprint density at radius 1 is 1.16 bits per heavy atom. The molecule has 1 aromatic carbocycles. The van der Waals surface area contributed by atoms with Crippen LogP contribution >= 0.6 is 11.6 Å². The fourth-order valence-corrected chi connectivity index (χ4v) is 8.19. The number of hydrogen-bond donors (Lipinski definition) is 1. The Balaban J connectivity index is 1.07. The molecule has 5 unspecified atom stereocenters. The van der Waals surface area contributed by atoms with E-state index in [1.54, 1.807) is 6.08 Å². The molecule has 4 saturated carbocycles. The highest BCUT2D eigenvalue weighted by Crippen LogP contribution is 2.89. The van der Waals surface area contributed by atoms with Crippen LogP contribution in [0.15, 0.2) is 66.9 Å². The lowest BCUT2D eigenvalue weighted by Crippen LogP contribution is -2.65. The predicted octanol–water partition coefficient (Wildman–Crippen LogP) is 6.08. The Labute approximate surface area is 189 Å². The van der Waals surface area contributed by atoms with Crippen molar-refractivity contribution in [1.82, 2.24) is 9.88 Å². The van der Waals surface area contributed by atoms with Gasteiger partial charge in [-0.1, -0.05) is 36.8 Å². The fourth-order valence-electron chi connectivity index (χ4n) is 8.07. The first-order valence-electron chi connectivity index (χ1n) is 11.5. The number of nitrogens with one attached hydrogen (secondary N) is 1. The van der Waals surface area contributed by atoms with Crippen molar-refractivity contribution in [2.75, 3.05) is 0 Å². The molecular weight excluding hydrogens is 404 g/mol. The summed E-state index contributed by atoms with van der Waals surface area (Å²) in [6.45, 7) is 2.99. The number of allylic oxidation sites excluding steroid dienone is 3. The molecule has 0 saturated heterocycles. The SMILES string of the molecule is CC12CC3CC4CC(/C=C/C=C/C(=O)NCc5cccn5-c5ccc(Cl)cc5)(C1)C34C2. The lowest BCUT2D eigenvalue weighted by Gasteiger charge is -2.72. The van der Waals surface area contributed by atoms with Crippen LogP contribution < -0.4 is 5.32 Å². The first-order valence-corrected chi connectivity index (χ1v) is 11.9. The second-order valence-corrected chi connectivity index (χ2v) is 11.1. The van der Waals surface area contributed by atoms with E-state index in [0.29, 0.717) is 27.8 Å². The summed E-state index contributed by atoms with van der Waals surface area (Å²) in [4.78, 5) is 12.4. The van der Waals surface area contributed by atoms with Crippen LogP contribution in [-0.2, 0) is 11.3 Å². The van der Waals surface area contributed by atoms with Gasteiger partial charge in [0.2, 0.25) is 5.91 Å². The molecule has 4 aliphatic rings. The van der Waals surface area contributed by atoms with Gasteiger partial charge < -0.3 is 9.88 Å². The summed E-state index contributed by atoms with van der Waals surface area (Å²) in [6, 6.07) is 11.7. The average molecular weight is 433 g/mol. The normalized spacial score (nSPS) is 37.1. The lowest BCUT2D eigenvalue weighted by atomic mass is 9.32. The molecule has 3 nitrogen and oxygen atoms in total. The van der Waals surface area contributed by atoms with Crippen LogP contribution in [0, 0.1) is 28.1 Å². The zero-order valence-electron chi connectivity index (χ0n) is 18.0. The maximum absolute atomic E-state index is 12.4. The summed E-state index contributed by atoms with van der Waals surface area (Å²) >= 11 is 5.99. The van der Waals surface area contributed by atoms with Crippen molar-refractivity contribution in [2.24, 2.45) is 28.1 Å². The molecule has 2 bridgehead atoms. The topological polar surface area (TPSA) is 34.0 Å². The molecule has 31 heavy (non-hydrogen) atoms. The van der Waals surface area contributed by atoms with Crippen molar-refractivity contribution in [3.63, 3.8) is 0 Å². The molecule has 2 aromatic rings. The largest absolute Gasteiger partial charge is 0.347 e. The van der Waals surface area contributed by atoms with E-state index in [1.807, 2.05) is 48.7 Å². The second kappa shape index (κ2) is 6.62. The van der Waals surface area contributed by atoms with E-state index in [0.717, 1.165) is 23.2 Å². The van der Waals surface area contributed by atoms with Crippen molar-refractivity contribution in [1.29, 1.82) is 0 Å². The quantitative estimate of drug-likeness (QED) is 0.435. The summed E-state index contributed by atoms with van der Waals surface area (Å²) in [7, 11) is 0. The molecule has 4 heteroatoms. The molecule has 160 valence electrons.